The Hall–Kier alpha value is -4.41. The highest BCUT2D eigenvalue weighted by atomic mass is 16.5. The van der Waals surface area contributed by atoms with Gasteiger partial charge >= 0.3 is 23.9 Å². The van der Waals surface area contributed by atoms with Gasteiger partial charge in [-0.05, 0) is 55.3 Å². The summed E-state index contributed by atoms with van der Waals surface area (Å²) in [5.41, 5.74) is 1.51. The molecule has 0 saturated carbocycles. The Morgan fingerprint density at radius 2 is 1.66 bits per heavy atom. The van der Waals surface area contributed by atoms with E-state index < -0.39 is 36.0 Å². The van der Waals surface area contributed by atoms with Gasteiger partial charge in [0.2, 0.25) is 0 Å². The third-order valence-electron chi connectivity index (χ3n) is 5.78. The SMILES string of the molecule is COc1ccc(CN(C(=O)Nc2ccc(C(C)=O)cc2)C2CCN(C(=O)C(=O)O)C2C(=O)O)cc1. The van der Waals surface area contributed by atoms with Crippen LogP contribution in [0.1, 0.15) is 29.3 Å². The molecule has 1 saturated heterocycles. The molecule has 3 amide bonds. The number of likely N-dealkylation sites (tertiary alicyclic amines) is 1. The molecule has 2 atom stereocenters. The average Bonchev–Trinajstić information content (AvgIpc) is 3.27. The molecule has 184 valence electrons. The van der Waals surface area contributed by atoms with Crippen molar-refractivity contribution >= 4 is 35.3 Å². The molecule has 11 heteroatoms. The molecule has 2 aromatic carbocycles. The minimum Gasteiger partial charge on any atom is -0.497 e. The van der Waals surface area contributed by atoms with Crippen LogP contribution in [0, 0.1) is 0 Å². The maximum atomic E-state index is 13.3. The summed E-state index contributed by atoms with van der Waals surface area (Å²) in [6.07, 6.45) is 0.0723. The summed E-state index contributed by atoms with van der Waals surface area (Å²) in [6.45, 7) is 1.28. The minimum absolute atomic E-state index is 0.00902. The molecule has 3 rings (SSSR count). The monoisotopic (exact) mass is 483 g/mol. The number of methoxy groups -OCH3 is 1. The standard InChI is InChI=1S/C24H25N3O8/c1-14(28)16-5-7-17(8-6-16)25-24(34)27(13-15-3-9-18(35-2)10-4-15)19-11-12-26(20(19)22(30)31)21(29)23(32)33/h3-10,19-20H,11-13H2,1-2H3,(H,25,34)(H,30,31)(H,32,33). The zero-order valence-electron chi connectivity index (χ0n) is 19.1. The first-order valence-electron chi connectivity index (χ1n) is 10.7. The summed E-state index contributed by atoms with van der Waals surface area (Å²) in [5.74, 6) is -4.07. The van der Waals surface area contributed by atoms with Crippen molar-refractivity contribution in [2.24, 2.45) is 0 Å². The predicted octanol–water partition coefficient (Wildman–Crippen LogP) is 2.07. The van der Waals surface area contributed by atoms with Crippen molar-refractivity contribution in [1.29, 1.82) is 0 Å². The molecule has 1 heterocycles. The highest BCUT2D eigenvalue weighted by Gasteiger charge is 2.47. The number of Topliss-reactive ketones (excluding diaryl/α,β-unsaturated/α-hetero) is 1. The van der Waals surface area contributed by atoms with Crippen LogP contribution in [0.2, 0.25) is 0 Å². The van der Waals surface area contributed by atoms with E-state index in [9.17, 15) is 29.1 Å². The quantitative estimate of drug-likeness (QED) is 0.400. The van der Waals surface area contributed by atoms with Gasteiger partial charge in [-0.15, -0.1) is 0 Å². The fraction of sp³-hybridized carbons (Fsp3) is 0.292. The van der Waals surface area contributed by atoms with Gasteiger partial charge in [0.15, 0.2) is 11.8 Å². The Bertz CT molecular complexity index is 1130. The molecule has 35 heavy (non-hydrogen) atoms. The number of carbonyl (C=O) groups is 5. The Kier molecular flexibility index (Phi) is 7.69. The molecule has 1 fully saturated rings. The first-order chi connectivity index (χ1) is 16.6. The van der Waals surface area contributed by atoms with Gasteiger partial charge < -0.3 is 30.1 Å². The minimum atomic E-state index is -1.77. The van der Waals surface area contributed by atoms with E-state index in [2.05, 4.69) is 5.32 Å². The highest BCUT2D eigenvalue weighted by Crippen LogP contribution is 2.27. The lowest BCUT2D eigenvalue weighted by Crippen LogP contribution is -2.54. The number of carboxylic acid groups (broad SMARTS) is 2. The second-order valence-corrected chi connectivity index (χ2v) is 7.98. The highest BCUT2D eigenvalue weighted by molar-refractivity contribution is 6.32. The van der Waals surface area contributed by atoms with Gasteiger partial charge in [-0.1, -0.05) is 12.1 Å². The summed E-state index contributed by atoms with van der Waals surface area (Å²) < 4.78 is 5.14. The van der Waals surface area contributed by atoms with Crippen molar-refractivity contribution in [3.63, 3.8) is 0 Å². The maximum absolute atomic E-state index is 13.3. The maximum Gasteiger partial charge on any atom is 0.394 e. The van der Waals surface area contributed by atoms with Crippen molar-refractivity contribution in [2.45, 2.75) is 32.0 Å². The van der Waals surface area contributed by atoms with Gasteiger partial charge in [-0.3, -0.25) is 9.59 Å². The number of urea groups is 1. The Labute approximate surface area is 200 Å². The lowest BCUT2D eigenvalue weighted by atomic mass is 10.1. The normalized spacial score (nSPS) is 16.9. The summed E-state index contributed by atoms with van der Waals surface area (Å²) in [5, 5.41) is 21.6. The number of carboxylic acids is 2. The van der Waals surface area contributed by atoms with Crippen LogP contribution in [0.25, 0.3) is 0 Å². The van der Waals surface area contributed by atoms with Crippen LogP contribution in [-0.4, -0.2) is 75.4 Å². The van der Waals surface area contributed by atoms with Crippen molar-refractivity contribution in [3.8, 4) is 5.75 Å². The number of hydrogen-bond acceptors (Lipinski definition) is 6. The molecule has 0 spiro atoms. The number of aliphatic carboxylic acids is 2. The molecule has 0 bridgehead atoms. The van der Waals surface area contributed by atoms with Crippen LogP contribution in [0.4, 0.5) is 10.5 Å². The summed E-state index contributed by atoms with van der Waals surface area (Å²) in [4.78, 5) is 62.3. The number of nitrogens with one attached hydrogen (secondary N) is 1. The number of anilines is 1. The molecule has 2 unspecified atom stereocenters. The molecule has 1 aliphatic heterocycles. The summed E-state index contributed by atoms with van der Waals surface area (Å²) in [7, 11) is 1.51. The number of carbonyl (C=O) groups excluding carboxylic acids is 3. The molecule has 0 radical (unpaired) electrons. The topological polar surface area (TPSA) is 154 Å². The lowest BCUT2D eigenvalue weighted by molar-refractivity contribution is -0.160. The second kappa shape index (κ2) is 10.7. The molecular formula is C24H25N3O8. The number of benzene rings is 2. The van der Waals surface area contributed by atoms with E-state index in [1.165, 1.54) is 18.9 Å². The molecule has 0 aromatic heterocycles. The zero-order valence-corrected chi connectivity index (χ0v) is 19.1. The van der Waals surface area contributed by atoms with Gasteiger partial charge in [0.05, 0.1) is 13.2 Å². The van der Waals surface area contributed by atoms with Crippen molar-refractivity contribution in [3.05, 3.63) is 59.7 Å². The second-order valence-electron chi connectivity index (χ2n) is 7.98. The third kappa shape index (κ3) is 5.75. The van der Waals surface area contributed by atoms with E-state index in [0.29, 0.717) is 22.6 Å². The van der Waals surface area contributed by atoms with Crippen LogP contribution in [0.3, 0.4) is 0 Å². The van der Waals surface area contributed by atoms with Crippen LogP contribution < -0.4 is 10.1 Å². The largest absolute Gasteiger partial charge is 0.497 e. The third-order valence-corrected chi connectivity index (χ3v) is 5.78. The number of nitrogens with zero attached hydrogens (tertiary/aromatic N) is 2. The molecule has 11 nitrogen and oxygen atoms in total. The van der Waals surface area contributed by atoms with Crippen molar-refractivity contribution in [1.82, 2.24) is 9.80 Å². The zero-order chi connectivity index (χ0) is 25.7. The number of ketones is 1. The Balaban J connectivity index is 1.92. The Morgan fingerprint density at radius 3 is 2.17 bits per heavy atom. The van der Waals surface area contributed by atoms with Gasteiger partial charge in [0, 0.05) is 24.3 Å². The van der Waals surface area contributed by atoms with Gasteiger partial charge in [0.1, 0.15) is 5.75 Å². The van der Waals surface area contributed by atoms with Crippen LogP contribution in [0.15, 0.2) is 48.5 Å². The first-order valence-corrected chi connectivity index (χ1v) is 10.7. The van der Waals surface area contributed by atoms with Crippen molar-refractivity contribution in [2.75, 3.05) is 19.0 Å². The number of ether oxygens (including phenoxy) is 1. The number of amides is 3. The Morgan fingerprint density at radius 1 is 1.03 bits per heavy atom. The number of hydrogen-bond donors (Lipinski definition) is 3. The van der Waals surface area contributed by atoms with Crippen LogP contribution in [-0.2, 0) is 20.9 Å². The molecule has 3 N–H and O–H groups in total. The molecule has 2 aromatic rings. The smallest absolute Gasteiger partial charge is 0.394 e. The molecule has 1 aliphatic rings. The molecular weight excluding hydrogens is 458 g/mol. The summed E-state index contributed by atoms with van der Waals surface area (Å²) >= 11 is 0. The predicted molar refractivity (Wildman–Crippen MR) is 123 cm³/mol. The van der Waals surface area contributed by atoms with E-state index in [1.54, 1.807) is 48.5 Å². The number of rotatable bonds is 7. The average molecular weight is 483 g/mol. The van der Waals surface area contributed by atoms with Gasteiger partial charge in [0.25, 0.3) is 0 Å². The van der Waals surface area contributed by atoms with E-state index in [1.807, 2.05) is 0 Å². The van der Waals surface area contributed by atoms with E-state index in [-0.39, 0.29) is 25.3 Å². The summed E-state index contributed by atoms with van der Waals surface area (Å²) in [6, 6.07) is 9.83. The van der Waals surface area contributed by atoms with Crippen molar-refractivity contribution < 1.29 is 38.9 Å². The molecule has 0 aliphatic carbocycles. The van der Waals surface area contributed by atoms with Gasteiger partial charge in [-0.25, -0.2) is 14.4 Å². The van der Waals surface area contributed by atoms with Crippen LogP contribution >= 0.6 is 0 Å². The first kappa shape index (κ1) is 25.2. The van der Waals surface area contributed by atoms with E-state index >= 15 is 0 Å². The fourth-order valence-corrected chi connectivity index (χ4v) is 4.00. The van der Waals surface area contributed by atoms with E-state index in [0.717, 1.165) is 4.90 Å². The lowest BCUT2D eigenvalue weighted by Gasteiger charge is -2.33. The van der Waals surface area contributed by atoms with Crippen LogP contribution in [0.5, 0.6) is 5.75 Å². The fourth-order valence-electron chi connectivity index (χ4n) is 4.00. The van der Waals surface area contributed by atoms with Gasteiger partial charge in [-0.2, -0.15) is 0 Å². The van der Waals surface area contributed by atoms with E-state index in [4.69, 9.17) is 9.84 Å².